The third-order valence-corrected chi connectivity index (χ3v) is 5.48. The van der Waals surface area contributed by atoms with E-state index in [0.29, 0.717) is 32.1 Å². The van der Waals surface area contributed by atoms with Crippen LogP contribution in [-0.4, -0.2) is 40.2 Å². The summed E-state index contributed by atoms with van der Waals surface area (Å²) in [6.07, 6.45) is 7.42. The summed E-state index contributed by atoms with van der Waals surface area (Å²) in [5.41, 5.74) is 8.63. The minimum Gasteiger partial charge on any atom is -0.382 e. The van der Waals surface area contributed by atoms with Crippen molar-refractivity contribution in [2.24, 2.45) is 5.92 Å². The number of ether oxygens (including phenoxy) is 1. The largest absolute Gasteiger partial charge is 0.382 e. The highest BCUT2D eigenvalue weighted by molar-refractivity contribution is 6.06. The molecule has 0 aliphatic heterocycles. The zero-order chi connectivity index (χ0) is 19.3. The molecular weight excluding hydrogens is 354 g/mol. The zero-order valence-corrected chi connectivity index (χ0v) is 16.1. The number of rotatable bonds is 7. The molecule has 7 heteroatoms. The fourth-order valence-corrected chi connectivity index (χ4v) is 4.00. The van der Waals surface area contributed by atoms with Gasteiger partial charge < -0.3 is 20.4 Å². The summed E-state index contributed by atoms with van der Waals surface area (Å²) >= 11 is 0. The molecule has 148 valence electrons. The van der Waals surface area contributed by atoms with Gasteiger partial charge in [0.25, 0.3) is 0 Å². The number of nitrogens with two attached hydrogens (primary N) is 1. The second-order valence-electron chi connectivity index (χ2n) is 7.39. The molecular formula is C21H27N5O2. The van der Waals surface area contributed by atoms with E-state index < -0.39 is 0 Å². The number of hydrogen-bond donors (Lipinski definition) is 2. The number of benzene rings is 1. The van der Waals surface area contributed by atoms with E-state index in [9.17, 15) is 4.79 Å². The first-order chi connectivity index (χ1) is 13.7. The zero-order valence-electron chi connectivity index (χ0n) is 16.1. The lowest BCUT2D eigenvalue weighted by molar-refractivity contribution is -0.126. The van der Waals surface area contributed by atoms with Crippen LogP contribution >= 0.6 is 0 Å². The summed E-state index contributed by atoms with van der Waals surface area (Å²) in [5, 5.41) is 4.03. The van der Waals surface area contributed by atoms with Gasteiger partial charge in [0.2, 0.25) is 5.91 Å². The fourth-order valence-electron chi connectivity index (χ4n) is 4.00. The molecule has 1 aliphatic carbocycles. The van der Waals surface area contributed by atoms with Crippen molar-refractivity contribution in [3.05, 3.63) is 30.6 Å². The Morgan fingerprint density at radius 1 is 1.21 bits per heavy atom. The van der Waals surface area contributed by atoms with Crippen LogP contribution in [0, 0.1) is 5.92 Å². The molecule has 1 aliphatic rings. The van der Waals surface area contributed by atoms with Crippen molar-refractivity contribution in [1.82, 2.24) is 19.9 Å². The summed E-state index contributed by atoms with van der Waals surface area (Å²) in [4.78, 5) is 21.0. The Labute approximate surface area is 164 Å². The number of carbonyl (C=O) groups excluding carboxylic acids is 1. The van der Waals surface area contributed by atoms with Crippen LogP contribution in [0.2, 0.25) is 0 Å². The number of fused-ring (bicyclic) bond motifs is 3. The molecule has 1 amide bonds. The molecule has 0 radical (unpaired) electrons. The first-order valence-corrected chi connectivity index (χ1v) is 10.1. The van der Waals surface area contributed by atoms with Crippen molar-refractivity contribution in [1.29, 1.82) is 0 Å². The van der Waals surface area contributed by atoms with Crippen molar-refractivity contribution < 1.29 is 9.53 Å². The molecule has 0 bridgehead atoms. The van der Waals surface area contributed by atoms with Crippen LogP contribution in [0.3, 0.4) is 0 Å². The smallest absolute Gasteiger partial charge is 0.223 e. The Hall–Kier alpha value is -2.67. The quantitative estimate of drug-likeness (QED) is 0.614. The van der Waals surface area contributed by atoms with E-state index in [1.54, 1.807) is 6.33 Å². The lowest BCUT2D eigenvalue weighted by Gasteiger charge is -2.20. The number of nitrogens with one attached hydrogen (secondary N) is 1. The van der Waals surface area contributed by atoms with Gasteiger partial charge in [0.05, 0.1) is 30.6 Å². The maximum Gasteiger partial charge on any atom is 0.223 e. The fraction of sp³-hybridized carbons (Fsp3) is 0.476. The third kappa shape index (κ3) is 3.94. The van der Waals surface area contributed by atoms with Gasteiger partial charge in [-0.05, 0) is 18.9 Å². The normalized spacial score (nSPS) is 15.3. The minimum absolute atomic E-state index is 0.179. The Morgan fingerprint density at radius 2 is 2.04 bits per heavy atom. The Kier molecular flexibility index (Phi) is 5.71. The number of anilines is 1. The van der Waals surface area contributed by atoms with Gasteiger partial charge in [0.1, 0.15) is 5.52 Å². The Balaban J connectivity index is 1.30. The van der Waals surface area contributed by atoms with Gasteiger partial charge in [-0.3, -0.25) is 4.79 Å². The van der Waals surface area contributed by atoms with Gasteiger partial charge in [-0.2, -0.15) is 0 Å². The topological polar surface area (TPSA) is 95.1 Å². The number of imidazole rings is 1. The molecule has 2 aromatic heterocycles. The minimum atomic E-state index is 0.179. The number of carbonyl (C=O) groups is 1. The van der Waals surface area contributed by atoms with E-state index in [1.807, 2.05) is 24.3 Å². The summed E-state index contributed by atoms with van der Waals surface area (Å²) in [6, 6.07) is 7.92. The van der Waals surface area contributed by atoms with Crippen molar-refractivity contribution in [3.63, 3.8) is 0 Å². The molecule has 1 aromatic carbocycles. The first kappa shape index (κ1) is 18.7. The molecule has 0 atom stereocenters. The Bertz CT molecular complexity index is 962. The predicted molar refractivity (Wildman–Crippen MR) is 110 cm³/mol. The molecule has 0 saturated heterocycles. The van der Waals surface area contributed by atoms with Crippen LogP contribution < -0.4 is 11.1 Å². The molecule has 0 spiro atoms. The molecule has 4 rings (SSSR count). The van der Waals surface area contributed by atoms with E-state index in [1.165, 1.54) is 19.3 Å². The lowest BCUT2D eigenvalue weighted by atomic mass is 9.89. The van der Waals surface area contributed by atoms with Gasteiger partial charge in [0.15, 0.2) is 5.82 Å². The molecule has 1 fully saturated rings. The van der Waals surface area contributed by atoms with Crippen LogP contribution in [0.15, 0.2) is 30.6 Å². The molecule has 7 nitrogen and oxygen atoms in total. The highest BCUT2D eigenvalue weighted by Gasteiger charge is 2.20. The van der Waals surface area contributed by atoms with Gasteiger partial charge >= 0.3 is 0 Å². The van der Waals surface area contributed by atoms with E-state index in [4.69, 9.17) is 10.5 Å². The highest BCUT2D eigenvalue weighted by Crippen LogP contribution is 2.27. The average molecular weight is 381 g/mol. The van der Waals surface area contributed by atoms with E-state index >= 15 is 0 Å². The number of nitrogens with zero attached hydrogens (tertiary/aromatic N) is 3. The van der Waals surface area contributed by atoms with Crippen LogP contribution in [0.4, 0.5) is 5.82 Å². The van der Waals surface area contributed by atoms with Crippen LogP contribution in [-0.2, 0) is 16.1 Å². The van der Waals surface area contributed by atoms with Gasteiger partial charge in [-0.25, -0.2) is 9.97 Å². The molecule has 28 heavy (non-hydrogen) atoms. The second kappa shape index (κ2) is 8.56. The summed E-state index contributed by atoms with van der Waals surface area (Å²) in [7, 11) is 0. The number of para-hydroxylation sites is 1. The maximum atomic E-state index is 12.1. The maximum absolute atomic E-state index is 12.1. The molecule has 3 aromatic rings. The summed E-state index contributed by atoms with van der Waals surface area (Å²) < 4.78 is 7.78. The number of hydrogen-bond acceptors (Lipinski definition) is 5. The second-order valence-corrected chi connectivity index (χ2v) is 7.39. The number of pyridine rings is 1. The van der Waals surface area contributed by atoms with E-state index in [-0.39, 0.29) is 11.8 Å². The number of aromatic nitrogens is 3. The van der Waals surface area contributed by atoms with E-state index in [2.05, 4.69) is 19.9 Å². The molecule has 3 N–H and O–H groups in total. The average Bonchev–Trinajstić information content (AvgIpc) is 3.16. The van der Waals surface area contributed by atoms with Gasteiger partial charge in [-0.1, -0.05) is 37.5 Å². The monoisotopic (exact) mass is 381 g/mol. The number of amides is 1. The lowest BCUT2D eigenvalue weighted by Crippen LogP contribution is -2.34. The molecule has 1 saturated carbocycles. The summed E-state index contributed by atoms with van der Waals surface area (Å²) in [5.74, 6) is 0.815. The standard InChI is InChI=1S/C21H27N5O2/c22-20-18-19(16-8-4-5-9-17(16)25-20)26(14-24-18)11-13-28-12-10-23-21(27)15-6-2-1-3-7-15/h4-5,8-9,14-15H,1-3,6-7,10-13H2,(H2,22,25)(H,23,27). The summed E-state index contributed by atoms with van der Waals surface area (Å²) in [6.45, 7) is 2.27. The Morgan fingerprint density at radius 3 is 2.89 bits per heavy atom. The van der Waals surface area contributed by atoms with Crippen LogP contribution in [0.1, 0.15) is 32.1 Å². The molecule has 0 unspecified atom stereocenters. The number of nitrogen functional groups attached to an aromatic ring is 1. The highest BCUT2D eigenvalue weighted by atomic mass is 16.5. The predicted octanol–water partition coefficient (Wildman–Crippen LogP) is 2.88. The van der Waals surface area contributed by atoms with Crippen molar-refractivity contribution in [3.8, 4) is 0 Å². The third-order valence-electron chi connectivity index (χ3n) is 5.48. The first-order valence-electron chi connectivity index (χ1n) is 10.1. The van der Waals surface area contributed by atoms with Crippen molar-refractivity contribution >= 4 is 33.7 Å². The van der Waals surface area contributed by atoms with Gasteiger partial charge in [-0.15, -0.1) is 0 Å². The SMILES string of the molecule is Nc1nc2ccccc2c2c1ncn2CCOCCNC(=O)C1CCCCC1. The van der Waals surface area contributed by atoms with Crippen molar-refractivity contribution in [2.45, 2.75) is 38.6 Å². The van der Waals surface area contributed by atoms with E-state index in [0.717, 1.165) is 34.8 Å². The van der Waals surface area contributed by atoms with Gasteiger partial charge in [0, 0.05) is 24.4 Å². The van der Waals surface area contributed by atoms with Crippen LogP contribution in [0.5, 0.6) is 0 Å². The molecule has 2 heterocycles. The van der Waals surface area contributed by atoms with Crippen LogP contribution in [0.25, 0.3) is 21.9 Å². The van der Waals surface area contributed by atoms with Crippen molar-refractivity contribution in [2.75, 3.05) is 25.5 Å².